The molecule has 0 saturated carbocycles. The zero-order chi connectivity index (χ0) is 29.3. The molecule has 0 radical (unpaired) electrons. The molecule has 0 aliphatic rings. The second kappa shape index (κ2) is 14.7. The number of anilines is 1. The summed E-state index contributed by atoms with van der Waals surface area (Å²) in [6.07, 6.45) is 1.82. The number of carbonyl (C=O) groups is 2. The molecule has 0 fully saturated rings. The monoisotopic (exact) mass is 647 g/mol. The lowest BCUT2D eigenvalue weighted by molar-refractivity contribution is -0.141. The largest absolute Gasteiger partial charge is 0.352 e. The van der Waals surface area contributed by atoms with Gasteiger partial charge in [0.15, 0.2) is 0 Å². The SMILES string of the molecule is CC(C)NC(=O)[C@@H](Cc1ccccc1)N(Cc1cccc(Br)c1)C(=O)CCCN(c1ccc(Cl)cc1)S(C)(=O)=O. The summed E-state index contributed by atoms with van der Waals surface area (Å²) in [6, 6.07) is 22.9. The van der Waals surface area contributed by atoms with Gasteiger partial charge in [0.1, 0.15) is 6.04 Å². The topological polar surface area (TPSA) is 86.8 Å². The molecule has 0 bridgehead atoms. The summed E-state index contributed by atoms with van der Waals surface area (Å²) in [5.41, 5.74) is 2.28. The molecule has 0 unspecified atom stereocenters. The van der Waals surface area contributed by atoms with E-state index >= 15 is 0 Å². The van der Waals surface area contributed by atoms with Gasteiger partial charge in [-0.05, 0) is 67.8 Å². The average Bonchev–Trinajstić information content (AvgIpc) is 2.89. The van der Waals surface area contributed by atoms with E-state index in [1.165, 1.54) is 4.31 Å². The third-order valence-corrected chi connectivity index (χ3v) is 8.15. The molecular formula is C30H35BrClN3O4S. The van der Waals surface area contributed by atoms with E-state index in [9.17, 15) is 18.0 Å². The van der Waals surface area contributed by atoms with E-state index in [1.807, 2.05) is 68.4 Å². The number of sulfonamides is 1. The fourth-order valence-electron chi connectivity index (χ4n) is 4.38. The maximum Gasteiger partial charge on any atom is 0.243 e. The minimum atomic E-state index is -3.59. The molecule has 7 nitrogen and oxygen atoms in total. The quantitative estimate of drug-likeness (QED) is 0.253. The lowest BCUT2D eigenvalue weighted by Crippen LogP contribution is -2.51. The third-order valence-electron chi connectivity index (χ3n) is 6.21. The highest BCUT2D eigenvalue weighted by Crippen LogP contribution is 2.22. The summed E-state index contributed by atoms with van der Waals surface area (Å²) in [4.78, 5) is 28.9. The first-order valence-corrected chi connectivity index (χ1v) is 16.1. The third kappa shape index (κ3) is 9.64. The Balaban J connectivity index is 1.87. The number of rotatable bonds is 13. The predicted octanol–water partition coefficient (Wildman–Crippen LogP) is 5.81. The first kappa shape index (κ1) is 31.6. The lowest BCUT2D eigenvalue weighted by Gasteiger charge is -2.32. The summed E-state index contributed by atoms with van der Waals surface area (Å²) in [5, 5.41) is 3.48. The molecule has 10 heteroatoms. The maximum atomic E-state index is 13.8. The van der Waals surface area contributed by atoms with Gasteiger partial charge in [-0.25, -0.2) is 8.42 Å². The molecule has 40 heavy (non-hydrogen) atoms. The van der Waals surface area contributed by atoms with Crippen LogP contribution in [0.5, 0.6) is 0 Å². The highest BCUT2D eigenvalue weighted by molar-refractivity contribution is 9.10. The van der Waals surface area contributed by atoms with Crippen LogP contribution in [0, 0.1) is 0 Å². The van der Waals surface area contributed by atoms with Gasteiger partial charge in [0.25, 0.3) is 0 Å². The van der Waals surface area contributed by atoms with Crippen molar-refractivity contribution in [3.8, 4) is 0 Å². The Bertz CT molecular complexity index is 1390. The van der Waals surface area contributed by atoms with E-state index in [1.54, 1.807) is 29.2 Å². The lowest BCUT2D eigenvalue weighted by atomic mass is 10.0. The van der Waals surface area contributed by atoms with Crippen LogP contribution in [-0.2, 0) is 32.6 Å². The molecule has 0 aliphatic heterocycles. The van der Waals surface area contributed by atoms with Crippen molar-refractivity contribution in [2.45, 2.75) is 51.7 Å². The number of hydrogen-bond acceptors (Lipinski definition) is 4. The van der Waals surface area contributed by atoms with Crippen molar-refractivity contribution in [2.24, 2.45) is 0 Å². The second-order valence-electron chi connectivity index (χ2n) is 9.94. The molecule has 3 aromatic rings. The number of nitrogens with one attached hydrogen (secondary N) is 1. The van der Waals surface area contributed by atoms with Crippen molar-refractivity contribution in [3.05, 3.63) is 99.5 Å². The number of amides is 2. The van der Waals surface area contributed by atoms with Crippen molar-refractivity contribution in [1.29, 1.82) is 0 Å². The van der Waals surface area contributed by atoms with Gasteiger partial charge in [-0.2, -0.15) is 0 Å². The van der Waals surface area contributed by atoms with Gasteiger partial charge in [-0.15, -0.1) is 0 Å². The molecule has 0 saturated heterocycles. The highest BCUT2D eigenvalue weighted by Gasteiger charge is 2.31. The minimum Gasteiger partial charge on any atom is -0.352 e. The van der Waals surface area contributed by atoms with E-state index in [0.717, 1.165) is 21.9 Å². The summed E-state index contributed by atoms with van der Waals surface area (Å²) in [5.74, 6) is -0.467. The van der Waals surface area contributed by atoms with Crippen molar-refractivity contribution < 1.29 is 18.0 Å². The van der Waals surface area contributed by atoms with Gasteiger partial charge in [0.2, 0.25) is 21.8 Å². The van der Waals surface area contributed by atoms with Crippen LogP contribution in [0.4, 0.5) is 5.69 Å². The average molecular weight is 649 g/mol. The summed E-state index contributed by atoms with van der Waals surface area (Å²) in [7, 11) is -3.59. The van der Waals surface area contributed by atoms with E-state index in [4.69, 9.17) is 11.6 Å². The Hall–Kier alpha value is -2.88. The molecule has 0 aliphatic carbocycles. The maximum absolute atomic E-state index is 13.8. The van der Waals surface area contributed by atoms with Crippen LogP contribution in [0.2, 0.25) is 5.02 Å². The van der Waals surface area contributed by atoms with Crippen molar-refractivity contribution in [1.82, 2.24) is 10.2 Å². The zero-order valence-electron chi connectivity index (χ0n) is 22.9. The van der Waals surface area contributed by atoms with Crippen LogP contribution in [0.1, 0.15) is 37.8 Å². The van der Waals surface area contributed by atoms with Gasteiger partial charge in [-0.1, -0.05) is 70.0 Å². The molecule has 2 amide bonds. The summed E-state index contributed by atoms with van der Waals surface area (Å²) >= 11 is 9.47. The first-order valence-electron chi connectivity index (χ1n) is 13.1. The second-order valence-corrected chi connectivity index (χ2v) is 13.2. The Labute approximate surface area is 250 Å². The predicted molar refractivity (Wildman–Crippen MR) is 165 cm³/mol. The molecule has 1 N–H and O–H groups in total. The Kier molecular flexibility index (Phi) is 11.6. The molecule has 0 spiro atoms. The number of benzene rings is 3. The van der Waals surface area contributed by atoms with Crippen LogP contribution in [0.3, 0.4) is 0 Å². The van der Waals surface area contributed by atoms with Crippen LogP contribution < -0.4 is 9.62 Å². The van der Waals surface area contributed by atoms with Crippen LogP contribution >= 0.6 is 27.5 Å². The smallest absolute Gasteiger partial charge is 0.243 e. The van der Waals surface area contributed by atoms with Gasteiger partial charge in [0, 0.05) is 41.5 Å². The van der Waals surface area contributed by atoms with Gasteiger partial charge < -0.3 is 10.2 Å². The van der Waals surface area contributed by atoms with Crippen molar-refractivity contribution >= 4 is 55.1 Å². The first-order chi connectivity index (χ1) is 18.9. The van der Waals surface area contributed by atoms with Crippen LogP contribution in [0.15, 0.2) is 83.3 Å². The van der Waals surface area contributed by atoms with Gasteiger partial charge in [-0.3, -0.25) is 13.9 Å². The highest BCUT2D eigenvalue weighted by atomic mass is 79.9. The molecule has 0 heterocycles. The Morgan fingerprint density at radius 2 is 1.60 bits per heavy atom. The van der Waals surface area contributed by atoms with Gasteiger partial charge >= 0.3 is 0 Å². The summed E-state index contributed by atoms with van der Waals surface area (Å²) in [6.45, 7) is 4.11. The number of nitrogens with zero attached hydrogens (tertiary/aromatic N) is 2. The molecule has 3 rings (SSSR count). The molecule has 3 aromatic carbocycles. The van der Waals surface area contributed by atoms with Crippen molar-refractivity contribution in [2.75, 3.05) is 17.1 Å². The van der Waals surface area contributed by atoms with Crippen LogP contribution in [0.25, 0.3) is 0 Å². The molecule has 0 aromatic heterocycles. The molecular weight excluding hydrogens is 614 g/mol. The van der Waals surface area contributed by atoms with E-state index in [-0.39, 0.29) is 43.8 Å². The molecule has 1 atom stereocenters. The van der Waals surface area contributed by atoms with Gasteiger partial charge in [0.05, 0.1) is 11.9 Å². The number of hydrogen-bond donors (Lipinski definition) is 1. The van der Waals surface area contributed by atoms with Crippen molar-refractivity contribution in [3.63, 3.8) is 0 Å². The Morgan fingerprint density at radius 3 is 2.20 bits per heavy atom. The standard InChI is InChI=1S/C30H35BrClN3O4S/c1-22(2)33-30(37)28(20-23-9-5-4-6-10-23)34(21-24-11-7-12-25(31)19-24)29(36)13-8-18-35(40(3,38)39)27-16-14-26(32)15-17-27/h4-7,9-12,14-17,19,22,28H,8,13,18,20-21H2,1-3H3,(H,33,37)/t28-/m1/s1. The Morgan fingerprint density at radius 1 is 0.950 bits per heavy atom. The molecule has 214 valence electrons. The zero-order valence-corrected chi connectivity index (χ0v) is 26.0. The number of halogens is 2. The van der Waals surface area contributed by atoms with E-state index < -0.39 is 16.1 Å². The fraction of sp³-hybridized carbons (Fsp3) is 0.333. The fourth-order valence-corrected chi connectivity index (χ4v) is 5.92. The van der Waals surface area contributed by atoms with E-state index in [2.05, 4.69) is 21.2 Å². The number of carbonyl (C=O) groups excluding carboxylic acids is 2. The summed E-state index contributed by atoms with van der Waals surface area (Å²) < 4.78 is 27.2. The van der Waals surface area contributed by atoms with Crippen LogP contribution in [-0.4, -0.2) is 50.0 Å². The normalized spacial score (nSPS) is 12.2. The minimum absolute atomic E-state index is 0.0634. The van der Waals surface area contributed by atoms with E-state index in [0.29, 0.717) is 17.1 Å².